The van der Waals surface area contributed by atoms with Gasteiger partial charge in [0.05, 0.1) is 23.2 Å². The maximum Gasteiger partial charge on any atom is 0.418 e. The lowest BCUT2D eigenvalue weighted by atomic mass is 10.1. The fourth-order valence-electron chi connectivity index (χ4n) is 2.48. The number of H-pyrrole nitrogens is 1. The smallest absolute Gasteiger partial charge is 0.338 e. The summed E-state index contributed by atoms with van der Waals surface area (Å²) in [6, 6.07) is 0.463. The average Bonchev–Trinajstić information content (AvgIpc) is 3.09. The zero-order valence-electron chi connectivity index (χ0n) is 12.9. The zero-order chi connectivity index (χ0) is 19.5. The van der Waals surface area contributed by atoms with E-state index in [9.17, 15) is 35.1 Å². The Kier molecular flexibility index (Phi) is 3.89. The van der Waals surface area contributed by atoms with Crippen molar-refractivity contribution in [1.82, 2.24) is 9.97 Å². The molecule has 2 aromatic rings. The van der Waals surface area contributed by atoms with Crippen LogP contribution in [0.5, 0.6) is 0 Å². The Hall–Kier alpha value is -2.46. The number of nitrogens with one attached hydrogen (secondary N) is 1. The molecule has 140 valence electrons. The summed E-state index contributed by atoms with van der Waals surface area (Å²) in [7, 11) is 0. The first-order valence-electron chi connectivity index (χ1n) is 7.08. The van der Waals surface area contributed by atoms with Gasteiger partial charge in [0.1, 0.15) is 17.1 Å². The molecule has 1 aliphatic heterocycles. The van der Waals surface area contributed by atoms with Crippen molar-refractivity contribution in [2.24, 2.45) is 4.99 Å². The second kappa shape index (κ2) is 5.52. The molecule has 0 aliphatic carbocycles. The summed E-state index contributed by atoms with van der Waals surface area (Å²) in [4.78, 5) is 9.58. The van der Waals surface area contributed by atoms with Gasteiger partial charge in [0.25, 0.3) is 5.92 Å². The molecule has 0 unspecified atom stereocenters. The van der Waals surface area contributed by atoms with Crippen molar-refractivity contribution in [3.05, 3.63) is 35.2 Å². The molecule has 1 aliphatic rings. The molecule has 1 aromatic carbocycles. The highest BCUT2D eigenvalue weighted by Crippen LogP contribution is 2.40. The number of hydrogen-bond donors (Lipinski definition) is 1. The quantitative estimate of drug-likeness (QED) is 0.721. The maximum absolute atomic E-state index is 13.2. The molecule has 0 saturated heterocycles. The Bertz CT molecular complexity index is 925. The van der Waals surface area contributed by atoms with Crippen LogP contribution in [-0.2, 0) is 12.4 Å². The molecule has 3 rings (SSSR count). The zero-order valence-corrected chi connectivity index (χ0v) is 12.9. The first-order chi connectivity index (χ1) is 11.8. The van der Waals surface area contributed by atoms with Crippen molar-refractivity contribution >= 4 is 22.3 Å². The van der Waals surface area contributed by atoms with Gasteiger partial charge in [-0.15, -0.1) is 0 Å². The highest BCUT2D eigenvalue weighted by atomic mass is 19.4. The number of halogens is 8. The fourth-order valence-corrected chi connectivity index (χ4v) is 2.48. The maximum atomic E-state index is 13.2. The molecule has 1 aromatic heterocycles. The van der Waals surface area contributed by atoms with E-state index in [0.717, 1.165) is 6.08 Å². The summed E-state index contributed by atoms with van der Waals surface area (Å²) in [5.41, 5.74) is -4.81. The molecular formula is C15H9F8N3. The van der Waals surface area contributed by atoms with Gasteiger partial charge in [0, 0.05) is 12.5 Å². The number of benzene rings is 1. The van der Waals surface area contributed by atoms with Gasteiger partial charge in [0.15, 0.2) is 0 Å². The predicted octanol–water partition coefficient (Wildman–Crippen LogP) is 5.09. The van der Waals surface area contributed by atoms with Crippen LogP contribution >= 0.6 is 0 Å². The van der Waals surface area contributed by atoms with Crippen molar-refractivity contribution in [3.63, 3.8) is 0 Å². The first-order valence-corrected chi connectivity index (χ1v) is 7.08. The minimum absolute atomic E-state index is 0.0297. The minimum Gasteiger partial charge on any atom is -0.338 e. The molecular weight excluding hydrogens is 374 g/mol. The Morgan fingerprint density at radius 2 is 1.62 bits per heavy atom. The number of rotatable bonds is 2. The van der Waals surface area contributed by atoms with Crippen LogP contribution < -0.4 is 0 Å². The van der Waals surface area contributed by atoms with Gasteiger partial charge in [-0.1, -0.05) is 0 Å². The SMILES string of the molecule is CC(F)(F)C1=NCC(c2nc3c(C(F)(F)F)cc(C(F)(F)F)cc3[nH]2)=C1. The van der Waals surface area contributed by atoms with E-state index >= 15 is 0 Å². The summed E-state index contributed by atoms with van der Waals surface area (Å²) < 4.78 is 104. The van der Waals surface area contributed by atoms with Crippen molar-refractivity contribution in [1.29, 1.82) is 0 Å². The molecule has 3 nitrogen and oxygen atoms in total. The van der Waals surface area contributed by atoms with E-state index in [0.29, 0.717) is 13.0 Å². The summed E-state index contributed by atoms with van der Waals surface area (Å²) >= 11 is 0. The van der Waals surface area contributed by atoms with Gasteiger partial charge >= 0.3 is 12.4 Å². The summed E-state index contributed by atoms with van der Waals surface area (Å²) in [5.74, 6) is -3.50. The lowest BCUT2D eigenvalue weighted by Gasteiger charge is -2.11. The number of aliphatic imine (C=N–C) groups is 1. The molecule has 0 fully saturated rings. The highest BCUT2D eigenvalue weighted by Gasteiger charge is 2.39. The van der Waals surface area contributed by atoms with Gasteiger partial charge in [-0.05, 0) is 18.2 Å². The summed E-state index contributed by atoms with van der Waals surface area (Å²) in [6.07, 6.45) is -9.11. The third-order valence-corrected chi connectivity index (χ3v) is 3.70. The average molecular weight is 383 g/mol. The minimum atomic E-state index is -5.08. The van der Waals surface area contributed by atoms with E-state index in [1.807, 2.05) is 0 Å². The summed E-state index contributed by atoms with van der Waals surface area (Å²) in [6.45, 7) is 0.327. The van der Waals surface area contributed by atoms with Crippen LogP contribution in [0.3, 0.4) is 0 Å². The largest absolute Gasteiger partial charge is 0.418 e. The van der Waals surface area contributed by atoms with Crippen LogP contribution in [-0.4, -0.2) is 28.1 Å². The van der Waals surface area contributed by atoms with Gasteiger partial charge in [-0.25, -0.2) is 4.98 Å². The second-order valence-corrected chi connectivity index (χ2v) is 5.76. The Morgan fingerprint density at radius 1 is 0.962 bits per heavy atom. The Labute approximate surface area is 140 Å². The van der Waals surface area contributed by atoms with E-state index in [-0.39, 0.29) is 24.0 Å². The number of imidazole rings is 1. The topological polar surface area (TPSA) is 41.0 Å². The van der Waals surface area contributed by atoms with Crippen LogP contribution in [0.4, 0.5) is 35.1 Å². The van der Waals surface area contributed by atoms with Gasteiger partial charge in [-0.2, -0.15) is 35.1 Å². The van der Waals surface area contributed by atoms with Crippen LogP contribution in [0, 0.1) is 0 Å². The standard InChI is InChI=1S/C15H9F8N3/c1-13(16,17)10-2-6(5-24-10)12-25-9-4-7(14(18,19)20)3-8(11(9)26-12)15(21,22)23/h2-4H,5H2,1H3,(H,25,26). The third-order valence-electron chi connectivity index (χ3n) is 3.70. The number of aromatic amines is 1. The van der Waals surface area contributed by atoms with Crippen molar-refractivity contribution in [2.75, 3.05) is 6.54 Å². The van der Waals surface area contributed by atoms with Crippen molar-refractivity contribution < 1.29 is 35.1 Å². The third kappa shape index (κ3) is 3.29. The van der Waals surface area contributed by atoms with E-state index < -0.39 is 46.1 Å². The molecule has 26 heavy (non-hydrogen) atoms. The molecule has 0 radical (unpaired) electrons. The molecule has 0 atom stereocenters. The Morgan fingerprint density at radius 3 is 2.12 bits per heavy atom. The second-order valence-electron chi connectivity index (χ2n) is 5.76. The molecule has 0 bridgehead atoms. The molecule has 2 heterocycles. The molecule has 11 heteroatoms. The normalized spacial score (nSPS) is 16.2. The summed E-state index contributed by atoms with van der Waals surface area (Å²) in [5, 5.41) is 0. The van der Waals surface area contributed by atoms with Crippen LogP contribution in [0.2, 0.25) is 0 Å². The predicted molar refractivity (Wildman–Crippen MR) is 77.0 cm³/mol. The molecule has 0 amide bonds. The van der Waals surface area contributed by atoms with E-state index in [1.54, 1.807) is 0 Å². The number of alkyl halides is 8. The Balaban J connectivity index is 2.15. The number of allylic oxidation sites excluding steroid dienone is 1. The first kappa shape index (κ1) is 18.3. The lowest BCUT2D eigenvalue weighted by molar-refractivity contribution is -0.142. The lowest BCUT2D eigenvalue weighted by Crippen LogP contribution is -2.21. The van der Waals surface area contributed by atoms with Crippen LogP contribution in [0.15, 0.2) is 23.2 Å². The van der Waals surface area contributed by atoms with E-state index in [1.165, 1.54) is 0 Å². The fraction of sp³-hybridized carbons (Fsp3) is 0.333. The van der Waals surface area contributed by atoms with Gasteiger partial charge in [-0.3, -0.25) is 4.99 Å². The molecule has 0 spiro atoms. The number of hydrogen-bond acceptors (Lipinski definition) is 2. The van der Waals surface area contributed by atoms with Gasteiger partial charge < -0.3 is 4.98 Å². The monoisotopic (exact) mass is 383 g/mol. The van der Waals surface area contributed by atoms with Crippen molar-refractivity contribution in [3.8, 4) is 0 Å². The highest BCUT2D eigenvalue weighted by molar-refractivity contribution is 6.08. The van der Waals surface area contributed by atoms with Crippen LogP contribution in [0.25, 0.3) is 16.6 Å². The van der Waals surface area contributed by atoms with Crippen LogP contribution in [0.1, 0.15) is 23.9 Å². The number of fused-ring (bicyclic) bond motifs is 1. The van der Waals surface area contributed by atoms with E-state index in [2.05, 4.69) is 15.0 Å². The van der Waals surface area contributed by atoms with E-state index in [4.69, 9.17) is 0 Å². The van der Waals surface area contributed by atoms with Gasteiger partial charge in [0.2, 0.25) is 0 Å². The molecule has 0 saturated carbocycles. The van der Waals surface area contributed by atoms with Crippen molar-refractivity contribution in [2.45, 2.75) is 25.2 Å². The molecule has 1 N–H and O–H groups in total. The number of aromatic nitrogens is 2. The number of nitrogens with zero attached hydrogens (tertiary/aromatic N) is 2.